The monoisotopic (exact) mass is 356 g/mol. The molecule has 116 valence electrons. The quantitative estimate of drug-likeness (QED) is 0.873. The van der Waals surface area contributed by atoms with Crippen molar-refractivity contribution in [2.24, 2.45) is 0 Å². The van der Waals surface area contributed by atoms with E-state index in [0.717, 1.165) is 31.5 Å². The molecule has 0 aliphatic carbocycles. The highest BCUT2D eigenvalue weighted by atomic mass is 79.9. The Hall–Kier alpha value is -0.940. The molecule has 1 unspecified atom stereocenters. The average Bonchev–Trinajstić information content (AvgIpc) is 2.50. The summed E-state index contributed by atoms with van der Waals surface area (Å²) in [5, 5.41) is 3.32. The standard InChI is InChI=1S/C16H22BrFN2O/c1-12(13-5-6-15(18)14(17)11-13)19-8-7-16(21)20-9-3-2-4-10-20/h5-6,11-12,19H,2-4,7-10H2,1H3. The first-order valence-corrected chi connectivity index (χ1v) is 8.33. The zero-order valence-corrected chi connectivity index (χ0v) is 14.0. The van der Waals surface area contributed by atoms with Gasteiger partial charge >= 0.3 is 0 Å². The number of carbonyl (C=O) groups excluding carboxylic acids is 1. The molecule has 1 amide bonds. The molecule has 1 heterocycles. The lowest BCUT2D eigenvalue weighted by atomic mass is 10.1. The van der Waals surface area contributed by atoms with Crippen LogP contribution in [0.5, 0.6) is 0 Å². The highest BCUT2D eigenvalue weighted by Crippen LogP contribution is 2.21. The number of piperidine rings is 1. The molecular formula is C16H22BrFN2O. The van der Waals surface area contributed by atoms with Crippen LogP contribution in [-0.2, 0) is 4.79 Å². The minimum atomic E-state index is -0.258. The molecule has 0 aromatic heterocycles. The maximum absolute atomic E-state index is 13.2. The third-order valence-electron chi connectivity index (χ3n) is 3.94. The fraction of sp³-hybridized carbons (Fsp3) is 0.562. The van der Waals surface area contributed by atoms with Crippen LogP contribution in [0.3, 0.4) is 0 Å². The van der Waals surface area contributed by atoms with Gasteiger partial charge in [0.2, 0.25) is 5.91 Å². The van der Waals surface area contributed by atoms with Crippen molar-refractivity contribution in [1.82, 2.24) is 10.2 Å². The summed E-state index contributed by atoms with van der Waals surface area (Å²) in [6.07, 6.45) is 4.00. The number of carbonyl (C=O) groups is 1. The third kappa shape index (κ3) is 4.78. The molecule has 2 rings (SSSR count). The summed E-state index contributed by atoms with van der Waals surface area (Å²) in [4.78, 5) is 14.0. The average molecular weight is 357 g/mol. The zero-order chi connectivity index (χ0) is 15.2. The van der Waals surface area contributed by atoms with Crippen molar-refractivity contribution >= 4 is 21.8 Å². The number of benzene rings is 1. The van der Waals surface area contributed by atoms with Gasteiger partial charge in [-0.1, -0.05) is 6.07 Å². The number of nitrogens with zero attached hydrogens (tertiary/aromatic N) is 1. The lowest BCUT2D eigenvalue weighted by Gasteiger charge is -2.27. The molecule has 1 atom stereocenters. The molecule has 1 saturated heterocycles. The van der Waals surface area contributed by atoms with E-state index in [4.69, 9.17) is 0 Å². The van der Waals surface area contributed by atoms with Crippen LogP contribution < -0.4 is 5.32 Å². The number of hydrogen-bond acceptors (Lipinski definition) is 2. The summed E-state index contributed by atoms with van der Waals surface area (Å²) in [6.45, 7) is 4.47. The Kier molecular flexibility index (Phi) is 6.18. The van der Waals surface area contributed by atoms with Crippen molar-refractivity contribution in [2.45, 2.75) is 38.6 Å². The van der Waals surface area contributed by atoms with Gasteiger partial charge in [-0.2, -0.15) is 0 Å². The van der Waals surface area contributed by atoms with E-state index in [1.807, 2.05) is 11.8 Å². The molecule has 3 nitrogen and oxygen atoms in total. The molecule has 5 heteroatoms. The molecule has 1 fully saturated rings. The minimum absolute atomic E-state index is 0.0936. The van der Waals surface area contributed by atoms with Gasteiger partial charge in [0.05, 0.1) is 4.47 Å². The second kappa shape index (κ2) is 7.90. The van der Waals surface area contributed by atoms with Crippen LogP contribution in [0.2, 0.25) is 0 Å². The van der Waals surface area contributed by atoms with E-state index in [2.05, 4.69) is 21.2 Å². The van der Waals surface area contributed by atoms with Crippen molar-refractivity contribution in [1.29, 1.82) is 0 Å². The van der Waals surface area contributed by atoms with E-state index in [-0.39, 0.29) is 17.8 Å². The number of nitrogens with one attached hydrogen (secondary N) is 1. The van der Waals surface area contributed by atoms with Gasteiger partial charge in [-0.3, -0.25) is 4.79 Å². The number of amides is 1. The van der Waals surface area contributed by atoms with Gasteiger partial charge in [0.15, 0.2) is 0 Å². The van der Waals surface area contributed by atoms with E-state index in [0.29, 0.717) is 17.4 Å². The van der Waals surface area contributed by atoms with E-state index < -0.39 is 0 Å². The van der Waals surface area contributed by atoms with Crippen LogP contribution in [0.15, 0.2) is 22.7 Å². The number of hydrogen-bond donors (Lipinski definition) is 1. The predicted octanol–water partition coefficient (Wildman–Crippen LogP) is 3.64. The summed E-state index contributed by atoms with van der Waals surface area (Å²) in [6, 6.07) is 5.09. The third-order valence-corrected chi connectivity index (χ3v) is 4.55. The molecule has 0 bridgehead atoms. The normalized spacial score (nSPS) is 16.8. The Morgan fingerprint density at radius 3 is 2.76 bits per heavy atom. The van der Waals surface area contributed by atoms with Gasteiger partial charge in [0.25, 0.3) is 0 Å². The Labute approximate surface area is 134 Å². The highest BCUT2D eigenvalue weighted by Gasteiger charge is 2.16. The molecule has 1 aromatic carbocycles. The molecule has 1 aliphatic rings. The largest absolute Gasteiger partial charge is 0.343 e. The summed E-state index contributed by atoms with van der Waals surface area (Å²) >= 11 is 3.19. The SMILES string of the molecule is CC(NCCC(=O)N1CCCCC1)c1ccc(F)c(Br)c1. The molecule has 1 aromatic rings. The van der Waals surface area contributed by atoms with Crippen molar-refractivity contribution in [3.05, 3.63) is 34.1 Å². The lowest BCUT2D eigenvalue weighted by molar-refractivity contribution is -0.132. The van der Waals surface area contributed by atoms with E-state index in [1.165, 1.54) is 12.5 Å². The van der Waals surface area contributed by atoms with Gasteiger partial charge in [-0.15, -0.1) is 0 Å². The fourth-order valence-corrected chi connectivity index (χ4v) is 2.99. The smallest absolute Gasteiger partial charge is 0.223 e. The topological polar surface area (TPSA) is 32.3 Å². The van der Waals surface area contributed by atoms with Crippen LogP contribution >= 0.6 is 15.9 Å². The first-order valence-electron chi connectivity index (χ1n) is 7.54. The van der Waals surface area contributed by atoms with Crippen molar-refractivity contribution in [3.63, 3.8) is 0 Å². The second-order valence-electron chi connectivity index (χ2n) is 5.54. The van der Waals surface area contributed by atoms with Gasteiger partial charge in [-0.05, 0) is 59.8 Å². The zero-order valence-electron chi connectivity index (χ0n) is 12.4. The maximum atomic E-state index is 13.2. The van der Waals surface area contributed by atoms with E-state index in [1.54, 1.807) is 12.1 Å². The Bertz CT molecular complexity index is 489. The van der Waals surface area contributed by atoms with Gasteiger partial charge in [0, 0.05) is 32.1 Å². The summed E-state index contributed by atoms with van der Waals surface area (Å²) in [5.41, 5.74) is 1.01. The number of likely N-dealkylation sites (tertiary alicyclic amines) is 1. The van der Waals surface area contributed by atoms with Crippen molar-refractivity contribution in [3.8, 4) is 0 Å². The van der Waals surface area contributed by atoms with Gasteiger partial charge in [0.1, 0.15) is 5.82 Å². The van der Waals surface area contributed by atoms with Crippen molar-refractivity contribution in [2.75, 3.05) is 19.6 Å². The van der Waals surface area contributed by atoms with E-state index >= 15 is 0 Å². The highest BCUT2D eigenvalue weighted by molar-refractivity contribution is 9.10. The summed E-state index contributed by atoms with van der Waals surface area (Å²) in [5.74, 6) is -0.0269. The van der Waals surface area contributed by atoms with Crippen molar-refractivity contribution < 1.29 is 9.18 Å². The van der Waals surface area contributed by atoms with Crippen LogP contribution in [0.25, 0.3) is 0 Å². The van der Waals surface area contributed by atoms with Gasteiger partial charge in [-0.25, -0.2) is 4.39 Å². The maximum Gasteiger partial charge on any atom is 0.223 e. The molecule has 0 saturated carbocycles. The second-order valence-corrected chi connectivity index (χ2v) is 6.40. The molecule has 0 spiro atoms. The summed E-state index contributed by atoms with van der Waals surface area (Å²) < 4.78 is 13.7. The summed E-state index contributed by atoms with van der Waals surface area (Å²) in [7, 11) is 0. The predicted molar refractivity (Wildman–Crippen MR) is 85.6 cm³/mol. The van der Waals surface area contributed by atoms with Crippen LogP contribution in [0.1, 0.15) is 44.2 Å². The Morgan fingerprint density at radius 2 is 2.10 bits per heavy atom. The van der Waals surface area contributed by atoms with Crippen LogP contribution in [0.4, 0.5) is 4.39 Å². The number of halogens is 2. The Morgan fingerprint density at radius 1 is 1.38 bits per heavy atom. The first kappa shape index (κ1) is 16.4. The minimum Gasteiger partial charge on any atom is -0.343 e. The molecule has 0 radical (unpaired) electrons. The molecule has 1 N–H and O–H groups in total. The lowest BCUT2D eigenvalue weighted by Crippen LogP contribution is -2.37. The van der Waals surface area contributed by atoms with Gasteiger partial charge < -0.3 is 10.2 Å². The molecule has 21 heavy (non-hydrogen) atoms. The molecule has 1 aliphatic heterocycles. The first-order chi connectivity index (χ1) is 10.1. The number of rotatable bonds is 5. The van der Waals surface area contributed by atoms with Crippen LogP contribution in [-0.4, -0.2) is 30.4 Å². The Balaban J connectivity index is 1.76. The van der Waals surface area contributed by atoms with E-state index in [9.17, 15) is 9.18 Å². The molecular weight excluding hydrogens is 335 g/mol. The fourth-order valence-electron chi connectivity index (χ4n) is 2.60. The van der Waals surface area contributed by atoms with Crippen LogP contribution in [0, 0.1) is 5.82 Å².